The molecule has 0 aliphatic heterocycles. The molecule has 248 valence electrons. The topological polar surface area (TPSA) is 17.8 Å². The zero-order valence-electron chi connectivity index (χ0n) is 29.6. The average Bonchev–Trinajstić information content (AvgIpc) is 3.48. The molecule has 0 amide bonds. The third kappa shape index (κ3) is 22.7. The fourth-order valence-corrected chi connectivity index (χ4v) is 6.83. The highest BCUT2D eigenvalue weighted by molar-refractivity contribution is 5.02. The van der Waals surface area contributed by atoms with Crippen molar-refractivity contribution < 1.29 is 0 Å². The van der Waals surface area contributed by atoms with E-state index in [9.17, 15) is 0 Å². The SMILES string of the molecule is CCCCCCCCCCCCCCCCCC(CCCCCCCCCCCCCCCC)c1nccn1C(C)C. The van der Waals surface area contributed by atoms with Gasteiger partial charge in [-0.3, -0.25) is 0 Å². The average molecular weight is 587 g/mol. The zero-order chi connectivity index (χ0) is 30.4. The predicted octanol–water partition coefficient (Wildman–Crippen LogP) is 14.7. The van der Waals surface area contributed by atoms with Crippen LogP contribution in [0, 0.1) is 0 Å². The summed E-state index contributed by atoms with van der Waals surface area (Å²) in [6.45, 7) is 9.23. The molecule has 2 nitrogen and oxygen atoms in total. The number of rotatable bonds is 33. The molecule has 1 atom stereocenters. The fraction of sp³-hybridized carbons (Fsp3) is 0.925. The largest absolute Gasteiger partial charge is 0.332 e. The Morgan fingerprint density at radius 2 is 0.738 bits per heavy atom. The zero-order valence-corrected chi connectivity index (χ0v) is 29.6. The Morgan fingerprint density at radius 1 is 0.452 bits per heavy atom. The quantitative estimate of drug-likeness (QED) is 0.0749. The van der Waals surface area contributed by atoms with E-state index in [0.717, 1.165) is 0 Å². The monoisotopic (exact) mass is 587 g/mol. The second kappa shape index (κ2) is 30.2. The minimum Gasteiger partial charge on any atom is -0.332 e. The Kier molecular flexibility index (Phi) is 28.3. The van der Waals surface area contributed by atoms with Gasteiger partial charge in [0.25, 0.3) is 0 Å². The highest BCUT2D eigenvalue weighted by Gasteiger charge is 2.18. The first-order valence-corrected chi connectivity index (χ1v) is 19.7. The molecule has 1 heterocycles. The summed E-state index contributed by atoms with van der Waals surface area (Å²) in [6.07, 6.45) is 48.7. The lowest BCUT2D eigenvalue weighted by Crippen LogP contribution is -2.11. The van der Waals surface area contributed by atoms with Crippen LogP contribution in [0.2, 0.25) is 0 Å². The Morgan fingerprint density at radius 3 is 1.02 bits per heavy atom. The Bertz CT molecular complexity index is 648. The summed E-state index contributed by atoms with van der Waals surface area (Å²) in [7, 11) is 0. The van der Waals surface area contributed by atoms with Crippen LogP contribution in [-0.2, 0) is 0 Å². The van der Waals surface area contributed by atoms with E-state index in [2.05, 4.69) is 38.5 Å². The van der Waals surface area contributed by atoms with Gasteiger partial charge in [0.2, 0.25) is 0 Å². The van der Waals surface area contributed by atoms with Crippen molar-refractivity contribution >= 4 is 0 Å². The van der Waals surface area contributed by atoms with Crippen molar-refractivity contribution in [2.75, 3.05) is 0 Å². The maximum atomic E-state index is 4.87. The summed E-state index contributed by atoms with van der Waals surface area (Å²) in [5.41, 5.74) is 0. The highest BCUT2D eigenvalue weighted by atomic mass is 15.1. The summed E-state index contributed by atoms with van der Waals surface area (Å²) < 4.78 is 2.44. The van der Waals surface area contributed by atoms with Gasteiger partial charge in [-0.1, -0.05) is 200 Å². The van der Waals surface area contributed by atoms with Crippen molar-refractivity contribution in [3.8, 4) is 0 Å². The first-order chi connectivity index (χ1) is 20.7. The van der Waals surface area contributed by atoms with Crippen LogP contribution < -0.4 is 0 Å². The molecule has 0 saturated heterocycles. The van der Waals surface area contributed by atoms with Crippen LogP contribution in [0.3, 0.4) is 0 Å². The molecule has 1 aromatic heterocycles. The molecular weight excluding hydrogens is 508 g/mol. The normalized spacial score (nSPS) is 12.5. The smallest absolute Gasteiger partial charge is 0.111 e. The van der Waals surface area contributed by atoms with Crippen molar-refractivity contribution in [2.24, 2.45) is 0 Å². The number of hydrogen-bond donors (Lipinski definition) is 0. The van der Waals surface area contributed by atoms with Crippen molar-refractivity contribution in [3.05, 3.63) is 18.2 Å². The molecule has 0 aliphatic carbocycles. The molecular formula is C40H78N2. The van der Waals surface area contributed by atoms with Gasteiger partial charge in [-0.2, -0.15) is 0 Å². The van der Waals surface area contributed by atoms with Crippen molar-refractivity contribution in [1.82, 2.24) is 9.55 Å². The second-order valence-corrected chi connectivity index (χ2v) is 14.1. The summed E-state index contributed by atoms with van der Waals surface area (Å²) >= 11 is 0. The minimum absolute atomic E-state index is 0.516. The highest BCUT2D eigenvalue weighted by Crippen LogP contribution is 2.29. The summed E-state index contributed by atoms with van der Waals surface area (Å²) in [6, 6.07) is 0.516. The molecule has 0 bridgehead atoms. The number of hydrogen-bond acceptors (Lipinski definition) is 1. The molecule has 42 heavy (non-hydrogen) atoms. The third-order valence-corrected chi connectivity index (χ3v) is 9.68. The van der Waals surface area contributed by atoms with Crippen LogP contribution in [0.4, 0.5) is 0 Å². The molecule has 0 aromatic carbocycles. The maximum absolute atomic E-state index is 4.87. The van der Waals surface area contributed by atoms with Gasteiger partial charge in [-0.15, -0.1) is 0 Å². The third-order valence-electron chi connectivity index (χ3n) is 9.68. The van der Waals surface area contributed by atoms with Crippen LogP contribution in [0.15, 0.2) is 12.4 Å². The van der Waals surface area contributed by atoms with E-state index < -0.39 is 0 Å². The molecule has 0 saturated carbocycles. The van der Waals surface area contributed by atoms with E-state index in [-0.39, 0.29) is 0 Å². The standard InChI is InChI=1S/C40H78N2/c1-5-7-9-11-13-15-17-19-21-23-25-27-29-31-33-35-39(40-41-36-37-42(40)38(3)4)34-32-30-28-26-24-22-20-18-16-14-12-10-8-6-2/h36-39H,5-35H2,1-4H3. The predicted molar refractivity (Wildman–Crippen MR) is 190 cm³/mol. The van der Waals surface area contributed by atoms with Crippen molar-refractivity contribution in [3.63, 3.8) is 0 Å². The van der Waals surface area contributed by atoms with Crippen LogP contribution in [-0.4, -0.2) is 9.55 Å². The van der Waals surface area contributed by atoms with E-state index in [0.29, 0.717) is 12.0 Å². The lowest BCUT2D eigenvalue weighted by Gasteiger charge is -2.20. The lowest BCUT2D eigenvalue weighted by molar-refractivity contribution is 0.441. The Labute approximate surface area is 266 Å². The summed E-state index contributed by atoms with van der Waals surface area (Å²) in [5.74, 6) is 2.02. The van der Waals surface area contributed by atoms with Gasteiger partial charge in [0, 0.05) is 24.4 Å². The van der Waals surface area contributed by atoms with Crippen molar-refractivity contribution in [1.29, 1.82) is 0 Å². The van der Waals surface area contributed by atoms with E-state index >= 15 is 0 Å². The molecule has 1 unspecified atom stereocenters. The molecule has 0 aliphatic rings. The van der Waals surface area contributed by atoms with Gasteiger partial charge in [0.05, 0.1) is 0 Å². The number of aromatic nitrogens is 2. The van der Waals surface area contributed by atoms with Gasteiger partial charge in [0.1, 0.15) is 5.82 Å². The van der Waals surface area contributed by atoms with Crippen LogP contribution in [0.25, 0.3) is 0 Å². The minimum atomic E-state index is 0.516. The Balaban J connectivity index is 2.10. The van der Waals surface area contributed by atoms with Crippen LogP contribution >= 0.6 is 0 Å². The first kappa shape index (κ1) is 39.2. The lowest BCUT2D eigenvalue weighted by atomic mass is 9.93. The van der Waals surface area contributed by atoms with Crippen LogP contribution in [0.5, 0.6) is 0 Å². The first-order valence-electron chi connectivity index (χ1n) is 19.7. The number of imidazole rings is 1. The second-order valence-electron chi connectivity index (χ2n) is 14.1. The molecule has 0 radical (unpaired) electrons. The van der Waals surface area contributed by atoms with Crippen molar-refractivity contribution in [2.45, 2.75) is 239 Å². The molecule has 1 rings (SSSR count). The van der Waals surface area contributed by atoms with E-state index in [1.807, 2.05) is 6.20 Å². The maximum Gasteiger partial charge on any atom is 0.111 e. The van der Waals surface area contributed by atoms with Gasteiger partial charge in [0.15, 0.2) is 0 Å². The fourth-order valence-electron chi connectivity index (χ4n) is 6.83. The number of nitrogens with zero attached hydrogens (tertiary/aromatic N) is 2. The summed E-state index contributed by atoms with van der Waals surface area (Å²) in [5, 5.41) is 0. The Hall–Kier alpha value is -0.790. The molecule has 1 aromatic rings. The van der Waals surface area contributed by atoms with Gasteiger partial charge < -0.3 is 4.57 Å². The number of unbranched alkanes of at least 4 members (excludes halogenated alkanes) is 27. The van der Waals surface area contributed by atoms with E-state index in [1.54, 1.807) is 0 Å². The van der Waals surface area contributed by atoms with Gasteiger partial charge >= 0.3 is 0 Å². The molecule has 2 heteroatoms. The molecule has 0 N–H and O–H groups in total. The van der Waals surface area contributed by atoms with Gasteiger partial charge in [-0.25, -0.2) is 4.98 Å². The van der Waals surface area contributed by atoms with Gasteiger partial charge in [-0.05, 0) is 26.7 Å². The van der Waals surface area contributed by atoms with Crippen LogP contribution in [0.1, 0.15) is 245 Å². The van der Waals surface area contributed by atoms with E-state index in [1.165, 1.54) is 205 Å². The molecule has 0 spiro atoms. The molecule has 0 fully saturated rings. The van der Waals surface area contributed by atoms with E-state index in [4.69, 9.17) is 4.98 Å². The summed E-state index contributed by atoms with van der Waals surface area (Å²) in [4.78, 5) is 4.87.